The zero-order valence-corrected chi connectivity index (χ0v) is 7.50. The van der Waals surface area contributed by atoms with Gasteiger partial charge in [0.05, 0.1) is 0 Å². The summed E-state index contributed by atoms with van der Waals surface area (Å²) in [5, 5.41) is 0. The molecule has 0 aliphatic carbocycles. The van der Waals surface area contributed by atoms with Crippen molar-refractivity contribution >= 4 is 6.03 Å². The maximum absolute atomic E-state index is 11.2. The van der Waals surface area contributed by atoms with Crippen LogP contribution in [-0.4, -0.2) is 36.0 Å². The average Bonchev–Trinajstić information content (AvgIpc) is 1.95. The van der Waals surface area contributed by atoms with Gasteiger partial charge in [0, 0.05) is 13.6 Å². The smallest absolute Gasteiger partial charge is 0.475 e. The molecular formula is C7H13LiN2O. The molecule has 0 spiro atoms. The van der Waals surface area contributed by atoms with Crippen LogP contribution in [0.4, 0.5) is 4.79 Å². The Morgan fingerprint density at radius 1 is 1.45 bits per heavy atom. The van der Waals surface area contributed by atoms with Gasteiger partial charge in [0.15, 0.2) is 0 Å². The first-order valence-corrected chi connectivity index (χ1v) is 3.57. The van der Waals surface area contributed by atoms with Gasteiger partial charge in [-0.2, -0.15) is 6.92 Å². The second kappa shape index (κ2) is 4.69. The van der Waals surface area contributed by atoms with Crippen LogP contribution in [0.2, 0.25) is 0 Å². The van der Waals surface area contributed by atoms with Gasteiger partial charge in [-0.3, -0.25) is 4.79 Å². The number of hydrogen-bond donors (Lipinski definition) is 0. The predicted octanol–water partition coefficient (Wildman–Crippen LogP) is -2.07. The quantitative estimate of drug-likeness (QED) is 0.309. The van der Waals surface area contributed by atoms with Crippen LogP contribution in [0, 0.1) is 6.54 Å². The molecule has 0 aromatic heterocycles. The van der Waals surface area contributed by atoms with Gasteiger partial charge in [-0.05, 0) is 13.0 Å². The van der Waals surface area contributed by atoms with Crippen molar-refractivity contribution in [3.05, 3.63) is 6.54 Å². The van der Waals surface area contributed by atoms with Crippen LogP contribution >= 0.6 is 0 Å². The second-order valence-corrected chi connectivity index (χ2v) is 2.51. The van der Waals surface area contributed by atoms with Crippen LogP contribution in [0.15, 0.2) is 0 Å². The molecule has 3 nitrogen and oxygen atoms in total. The van der Waals surface area contributed by atoms with Gasteiger partial charge in [-0.1, -0.05) is 0 Å². The Labute approximate surface area is 79.9 Å². The Morgan fingerprint density at radius 2 is 2.09 bits per heavy atom. The Balaban J connectivity index is 0.000001000. The van der Waals surface area contributed by atoms with Gasteiger partial charge in [-0.15, -0.1) is 0 Å². The van der Waals surface area contributed by atoms with Crippen molar-refractivity contribution in [2.75, 3.05) is 20.1 Å². The first-order chi connectivity index (χ1) is 4.75. The molecule has 2 amide bonds. The van der Waals surface area contributed by atoms with E-state index >= 15 is 0 Å². The third kappa shape index (κ3) is 2.43. The largest absolute Gasteiger partial charge is 1.00 e. The predicted molar refractivity (Wildman–Crippen MR) is 39.3 cm³/mol. The van der Waals surface area contributed by atoms with Gasteiger partial charge in [0.2, 0.25) is 0 Å². The second-order valence-electron chi connectivity index (χ2n) is 2.51. The molecule has 1 heterocycles. The summed E-state index contributed by atoms with van der Waals surface area (Å²) in [7, 11) is 1.83. The molecule has 0 unspecified atom stereocenters. The van der Waals surface area contributed by atoms with Gasteiger partial charge in [0.25, 0.3) is 6.03 Å². The molecule has 1 aliphatic rings. The molecule has 11 heavy (non-hydrogen) atoms. The van der Waals surface area contributed by atoms with Crippen molar-refractivity contribution in [1.29, 1.82) is 0 Å². The van der Waals surface area contributed by atoms with E-state index in [2.05, 4.69) is 0 Å². The number of carbonyl (C=O) groups is 1. The fraction of sp³-hybridized carbons (Fsp3) is 0.714. The molecule has 1 saturated heterocycles. The third-order valence-electron chi connectivity index (χ3n) is 1.78. The number of hydrogen-bond acceptors (Lipinski definition) is 1. The summed E-state index contributed by atoms with van der Waals surface area (Å²) in [5.41, 5.74) is 0. The molecule has 0 bridgehead atoms. The van der Waals surface area contributed by atoms with E-state index in [1.807, 2.05) is 20.5 Å². The molecule has 0 aromatic carbocycles. The van der Waals surface area contributed by atoms with Crippen molar-refractivity contribution < 1.29 is 23.7 Å². The summed E-state index contributed by atoms with van der Waals surface area (Å²) >= 11 is 0. The van der Waals surface area contributed by atoms with Crippen LogP contribution in [0.5, 0.6) is 0 Å². The molecule has 0 N–H and O–H groups in total. The van der Waals surface area contributed by atoms with E-state index in [9.17, 15) is 4.79 Å². The number of carbonyl (C=O) groups excluding carboxylic acids is 1. The van der Waals surface area contributed by atoms with E-state index in [1.54, 1.807) is 9.80 Å². The van der Waals surface area contributed by atoms with E-state index in [0.29, 0.717) is 0 Å². The molecule has 4 heteroatoms. The SMILES string of the molecule is C[CH-]N1CCCN(C)C1=O.[Li+]. The first kappa shape index (κ1) is 10.9. The molecule has 0 radical (unpaired) electrons. The summed E-state index contributed by atoms with van der Waals surface area (Å²) in [6.45, 7) is 5.48. The summed E-state index contributed by atoms with van der Waals surface area (Å²) < 4.78 is 0. The van der Waals surface area contributed by atoms with Crippen molar-refractivity contribution in [1.82, 2.24) is 9.80 Å². The Bertz CT molecular complexity index is 140. The van der Waals surface area contributed by atoms with Crippen LogP contribution in [0.25, 0.3) is 0 Å². The Hall–Kier alpha value is -0.133. The van der Waals surface area contributed by atoms with Crippen LogP contribution < -0.4 is 18.9 Å². The van der Waals surface area contributed by atoms with Crippen molar-refractivity contribution in [2.24, 2.45) is 0 Å². The monoisotopic (exact) mass is 148 g/mol. The average molecular weight is 148 g/mol. The normalized spacial score (nSPS) is 18.2. The topological polar surface area (TPSA) is 23.6 Å². The van der Waals surface area contributed by atoms with Crippen LogP contribution in [-0.2, 0) is 0 Å². The maximum Gasteiger partial charge on any atom is 1.00 e. The van der Waals surface area contributed by atoms with E-state index in [0.717, 1.165) is 19.5 Å². The summed E-state index contributed by atoms with van der Waals surface area (Å²) in [4.78, 5) is 14.7. The van der Waals surface area contributed by atoms with Gasteiger partial charge in [-0.25, -0.2) is 6.54 Å². The molecule has 1 rings (SSSR count). The zero-order chi connectivity index (χ0) is 7.56. The third-order valence-corrected chi connectivity index (χ3v) is 1.78. The molecule has 0 aromatic rings. The van der Waals surface area contributed by atoms with E-state index in [1.165, 1.54) is 0 Å². The van der Waals surface area contributed by atoms with E-state index in [4.69, 9.17) is 0 Å². The molecular weight excluding hydrogens is 135 g/mol. The minimum absolute atomic E-state index is 0. The molecule has 0 saturated carbocycles. The molecule has 1 aliphatic heterocycles. The van der Waals surface area contributed by atoms with E-state index in [-0.39, 0.29) is 24.9 Å². The first-order valence-electron chi connectivity index (χ1n) is 3.57. The van der Waals surface area contributed by atoms with Crippen molar-refractivity contribution in [3.8, 4) is 0 Å². The number of amides is 2. The van der Waals surface area contributed by atoms with Gasteiger partial charge < -0.3 is 9.80 Å². The number of rotatable bonds is 1. The summed E-state index contributed by atoms with van der Waals surface area (Å²) in [6.07, 6.45) is 1.08. The minimum Gasteiger partial charge on any atom is -0.475 e. The summed E-state index contributed by atoms with van der Waals surface area (Å²) in [5.74, 6) is 0. The molecule has 1 fully saturated rings. The fourth-order valence-electron chi connectivity index (χ4n) is 1.13. The van der Waals surface area contributed by atoms with Crippen molar-refractivity contribution in [2.45, 2.75) is 13.3 Å². The standard InChI is InChI=1S/C7H13N2O.Li/c1-3-9-6-4-5-8(2)7(9)10;/h3H,4-6H2,1-2H3;/q-1;+1. The van der Waals surface area contributed by atoms with Crippen molar-refractivity contribution in [3.63, 3.8) is 0 Å². The maximum atomic E-state index is 11.2. The fourth-order valence-corrected chi connectivity index (χ4v) is 1.13. The zero-order valence-electron chi connectivity index (χ0n) is 7.50. The van der Waals surface area contributed by atoms with Gasteiger partial charge in [0.1, 0.15) is 0 Å². The molecule has 58 valence electrons. The van der Waals surface area contributed by atoms with E-state index < -0.39 is 0 Å². The Morgan fingerprint density at radius 3 is 2.55 bits per heavy atom. The Kier molecular flexibility index (Phi) is 4.63. The van der Waals surface area contributed by atoms with Crippen LogP contribution in [0.1, 0.15) is 13.3 Å². The summed E-state index contributed by atoms with van der Waals surface area (Å²) in [6, 6.07) is 0.119. The minimum atomic E-state index is 0. The number of urea groups is 1. The van der Waals surface area contributed by atoms with Crippen LogP contribution in [0.3, 0.4) is 0 Å². The van der Waals surface area contributed by atoms with Gasteiger partial charge >= 0.3 is 18.9 Å². The number of nitrogens with zero attached hydrogens (tertiary/aromatic N) is 2. The molecule has 0 atom stereocenters.